The third kappa shape index (κ3) is 4.96. The molecular formula is C17H28N2. The Hall–Kier alpha value is -0.860. The summed E-state index contributed by atoms with van der Waals surface area (Å²) in [5.41, 5.74) is 2.83. The first-order valence-electron chi connectivity index (χ1n) is 7.76. The molecule has 1 aromatic rings. The van der Waals surface area contributed by atoms with E-state index in [1.807, 2.05) is 0 Å². The van der Waals surface area contributed by atoms with E-state index < -0.39 is 0 Å². The van der Waals surface area contributed by atoms with Crippen molar-refractivity contribution in [1.29, 1.82) is 0 Å². The molecule has 0 amide bonds. The minimum atomic E-state index is 0.889. The predicted octanol–water partition coefficient (Wildman–Crippen LogP) is 3.21. The van der Waals surface area contributed by atoms with Crippen molar-refractivity contribution in [3.8, 4) is 0 Å². The quantitative estimate of drug-likeness (QED) is 0.790. The third-order valence-electron chi connectivity index (χ3n) is 4.06. The molecule has 1 saturated heterocycles. The zero-order valence-corrected chi connectivity index (χ0v) is 12.5. The van der Waals surface area contributed by atoms with Crippen LogP contribution in [0.3, 0.4) is 0 Å². The van der Waals surface area contributed by atoms with Crippen molar-refractivity contribution in [2.45, 2.75) is 39.7 Å². The van der Waals surface area contributed by atoms with Crippen molar-refractivity contribution in [3.05, 3.63) is 35.4 Å². The molecule has 0 aliphatic carbocycles. The van der Waals surface area contributed by atoms with E-state index in [2.05, 4.69) is 48.3 Å². The van der Waals surface area contributed by atoms with Crippen LogP contribution in [0.2, 0.25) is 0 Å². The SMILES string of the molecule is CCCNCC1CCN(Cc2cccc(C)c2)CC1. The van der Waals surface area contributed by atoms with Gasteiger partial charge in [0.05, 0.1) is 0 Å². The molecule has 2 nitrogen and oxygen atoms in total. The lowest BCUT2D eigenvalue weighted by Crippen LogP contribution is -2.37. The Kier molecular flexibility index (Phi) is 5.87. The van der Waals surface area contributed by atoms with Crippen molar-refractivity contribution < 1.29 is 0 Å². The van der Waals surface area contributed by atoms with Gasteiger partial charge in [-0.25, -0.2) is 0 Å². The highest BCUT2D eigenvalue weighted by Crippen LogP contribution is 2.18. The molecule has 0 aromatic heterocycles. The highest BCUT2D eigenvalue weighted by molar-refractivity contribution is 5.22. The number of rotatable bonds is 6. The lowest BCUT2D eigenvalue weighted by atomic mass is 9.96. The zero-order chi connectivity index (χ0) is 13.5. The smallest absolute Gasteiger partial charge is 0.0233 e. The van der Waals surface area contributed by atoms with E-state index in [-0.39, 0.29) is 0 Å². The first-order chi connectivity index (χ1) is 9.28. The standard InChI is InChI=1S/C17H28N2/c1-3-9-18-13-16-7-10-19(11-8-16)14-17-6-4-5-15(2)12-17/h4-6,12,16,18H,3,7-11,13-14H2,1-2H3. The second-order valence-electron chi connectivity index (χ2n) is 5.91. The number of nitrogens with zero attached hydrogens (tertiary/aromatic N) is 1. The number of piperidine rings is 1. The molecule has 1 aliphatic rings. The van der Waals surface area contributed by atoms with Crippen molar-refractivity contribution in [2.24, 2.45) is 5.92 Å². The zero-order valence-electron chi connectivity index (χ0n) is 12.5. The predicted molar refractivity (Wildman–Crippen MR) is 82.3 cm³/mol. The Labute approximate surface area is 118 Å². The molecule has 1 heterocycles. The van der Waals surface area contributed by atoms with Gasteiger partial charge in [-0.05, 0) is 63.8 Å². The second-order valence-corrected chi connectivity index (χ2v) is 5.91. The Morgan fingerprint density at radius 1 is 1.26 bits per heavy atom. The third-order valence-corrected chi connectivity index (χ3v) is 4.06. The van der Waals surface area contributed by atoms with Crippen molar-refractivity contribution >= 4 is 0 Å². The van der Waals surface area contributed by atoms with Crippen LogP contribution in [0, 0.1) is 12.8 Å². The van der Waals surface area contributed by atoms with Gasteiger partial charge >= 0.3 is 0 Å². The van der Waals surface area contributed by atoms with E-state index in [1.165, 1.54) is 56.6 Å². The lowest BCUT2D eigenvalue weighted by molar-refractivity contribution is 0.175. The fraction of sp³-hybridized carbons (Fsp3) is 0.647. The first-order valence-corrected chi connectivity index (χ1v) is 7.76. The van der Waals surface area contributed by atoms with Crippen molar-refractivity contribution in [1.82, 2.24) is 10.2 Å². The molecule has 0 radical (unpaired) electrons. The van der Waals surface area contributed by atoms with E-state index in [0.717, 1.165) is 12.5 Å². The van der Waals surface area contributed by atoms with Crippen molar-refractivity contribution in [2.75, 3.05) is 26.2 Å². The van der Waals surface area contributed by atoms with Gasteiger partial charge in [-0.2, -0.15) is 0 Å². The summed E-state index contributed by atoms with van der Waals surface area (Å²) in [7, 11) is 0. The van der Waals surface area contributed by atoms with Crippen LogP contribution in [-0.2, 0) is 6.54 Å². The monoisotopic (exact) mass is 260 g/mol. The average Bonchev–Trinajstić information content (AvgIpc) is 2.41. The minimum Gasteiger partial charge on any atom is -0.316 e. The summed E-state index contributed by atoms with van der Waals surface area (Å²) in [6.07, 6.45) is 3.94. The van der Waals surface area contributed by atoms with Crippen LogP contribution in [0.15, 0.2) is 24.3 Å². The average molecular weight is 260 g/mol. The summed E-state index contributed by atoms with van der Waals surface area (Å²) >= 11 is 0. The number of nitrogens with one attached hydrogen (secondary N) is 1. The number of hydrogen-bond donors (Lipinski definition) is 1. The van der Waals surface area contributed by atoms with Gasteiger partial charge in [-0.1, -0.05) is 36.8 Å². The largest absolute Gasteiger partial charge is 0.316 e. The first kappa shape index (κ1) is 14.5. The van der Waals surface area contributed by atoms with Crippen LogP contribution < -0.4 is 5.32 Å². The van der Waals surface area contributed by atoms with E-state index in [1.54, 1.807) is 0 Å². The molecule has 1 aromatic carbocycles. The number of benzene rings is 1. The van der Waals surface area contributed by atoms with E-state index >= 15 is 0 Å². The normalized spacial score (nSPS) is 17.8. The van der Waals surface area contributed by atoms with Crippen LogP contribution in [0.5, 0.6) is 0 Å². The van der Waals surface area contributed by atoms with Crippen LogP contribution in [0.4, 0.5) is 0 Å². The topological polar surface area (TPSA) is 15.3 Å². The van der Waals surface area contributed by atoms with Crippen molar-refractivity contribution in [3.63, 3.8) is 0 Å². The van der Waals surface area contributed by atoms with Crippen LogP contribution in [-0.4, -0.2) is 31.1 Å². The molecule has 1 N–H and O–H groups in total. The Bertz CT molecular complexity index is 367. The summed E-state index contributed by atoms with van der Waals surface area (Å²) in [5.74, 6) is 0.889. The molecule has 0 bridgehead atoms. The lowest BCUT2D eigenvalue weighted by Gasteiger charge is -2.32. The molecule has 2 rings (SSSR count). The maximum absolute atomic E-state index is 3.56. The maximum Gasteiger partial charge on any atom is 0.0233 e. The van der Waals surface area contributed by atoms with E-state index in [0.29, 0.717) is 0 Å². The molecule has 1 fully saturated rings. The molecule has 106 valence electrons. The molecule has 0 spiro atoms. The van der Waals surface area contributed by atoms with Gasteiger partial charge in [0, 0.05) is 6.54 Å². The molecule has 0 saturated carbocycles. The van der Waals surface area contributed by atoms with E-state index in [4.69, 9.17) is 0 Å². The Morgan fingerprint density at radius 2 is 2.05 bits per heavy atom. The van der Waals surface area contributed by atoms with Gasteiger partial charge < -0.3 is 5.32 Å². The van der Waals surface area contributed by atoms with Gasteiger partial charge in [0.25, 0.3) is 0 Å². The highest BCUT2D eigenvalue weighted by atomic mass is 15.1. The molecular weight excluding hydrogens is 232 g/mol. The maximum atomic E-state index is 3.56. The summed E-state index contributed by atoms with van der Waals surface area (Å²) in [6, 6.07) is 8.91. The summed E-state index contributed by atoms with van der Waals surface area (Å²) in [4.78, 5) is 2.60. The molecule has 0 atom stereocenters. The van der Waals surface area contributed by atoms with Gasteiger partial charge in [-0.3, -0.25) is 4.90 Å². The van der Waals surface area contributed by atoms with Gasteiger partial charge in [0.15, 0.2) is 0 Å². The van der Waals surface area contributed by atoms with Gasteiger partial charge in [0.2, 0.25) is 0 Å². The van der Waals surface area contributed by atoms with Crippen LogP contribution >= 0.6 is 0 Å². The number of aryl methyl sites for hydroxylation is 1. The Morgan fingerprint density at radius 3 is 2.74 bits per heavy atom. The molecule has 1 aliphatic heterocycles. The minimum absolute atomic E-state index is 0.889. The van der Waals surface area contributed by atoms with Crippen LogP contribution in [0.25, 0.3) is 0 Å². The second kappa shape index (κ2) is 7.66. The fourth-order valence-electron chi connectivity index (χ4n) is 2.90. The van der Waals surface area contributed by atoms with Gasteiger partial charge in [-0.15, -0.1) is 0 Å². The van der Waals surface area contributed by atoms with E-state index in [9.17, 15) is 0 Å². The van der Waals surface area contributed by atoms with Crippen LogP contribution in [0.1, 0.15) is 37.3 Å². The van der Waals surface area contributed by atoms with Gasteiger partial charge in [0.1, 0.15) is 0 Å². The Balaban J connectivity index is 1.71. The summed E-state index contributed by atoms with van der Waals surface area (Å²) in [6.45, 7) is 10.4. The molecule has 19 heavy (non-hydrogen) atoms. The summed E-state index contributed by atoms with van der Waals surface area (Å²) < 4.78 is 0. The summed E-state index contributed by atoms with van der Waals surface area (Å²) in [5, 5.41) is 3.56. The fourth-order valence-corrected chi connectivity index (χ4v) is 2.90. The number of likely N-dealkylation sites (tertiary alicyclic amines) is 1. The molecule has 0 unspecified atom stereocenters. The number of hydrogen-bond acceptors (Lipinski definition) is 2. The highest BCUT2D eigenvalue weighted by Gasteiger charge is 2.18. The molecule has 2 heteroatoms.